The van der Waals surface area contributed by atoms with Crippen LogP contribution < -0.4 is 45.9 Å². The molecule has 83 heavy (non-hydrogen) atoms. The van der Waals surface area contributed by atoms with E-state index < -0.39 is 0 Å². The Morgan fingerprint density at radius 2 is 0.711 bits per heavy atom. The molecular weight excluding hydrogens is 1010 g/mol. The molecule has 6 rings (SSSR count). The minimum atomic E-state index is -0.0452. The van der Waals surface area contributed by atoms with Crippen LogP contribution in [0.15, 0.2) is 182 Å². The quantitative estimate of drug-likeness (QED) is 0.0341. The number of nitrogens with zero attached hydrogens (tertiary/aromatic N) is 1. The lowest BCUT2D eigenvalue weighted by Gasteiger charge is -2.18. The molecule has 0 bridgehead atoms. The molecule has 6 aromatic rings. The van der Waals surface area contributed by atoms with Crippen LogP contribution in [0.5, 0.6) is 0 Å². The Hall–Kier alpha value is -5.04. The van der Waals surface area contributed by atoms with Crippen molar-refractivity contribution in [1.82, 2.24) is 4.90 Å². The molecule has 0 radical (unpaired) electrons. The highest BCUT2D eigenvalue weighted by atomic mass is 15.1. The molecule has 6 aromatic carbocycles. The third kappa shape index (κ3) is 52.3. The third-order valence-corrected chi connectivity index (χ3v) is 12.2. The van der Waals surface area contributed by atoms with E-state index in [9.17, 15) is 0 Å². The Morgan fingerprint density at radius 1 is 0.373 bits per heavy atom. The summed E-state index contributed by atoms with van der Waals surface area (Å²) in [5.74, 6) is 1.19. The van der Waals surface area contributed by atoms with Crippen molar-refractivity contribution in [1.29, 1.82) is 0 Å². The van der Waals surface area contributed by atoms with Gasteiger partial charge in [0.2, 0.25) is 0 Å². The van der Waals surface area contributed by atoms with Crippen molar-refractivity contribution in [2.75, 3.05) is 32.7 Å². The summed E-state index contributed by atoms with van der Waals surface area (Å²) in [6.07, 6.45) is 6.58. The lowest BCUT2D eigenvalue weighted by Crippen LogP contribution is -2.40. The normalized spacial score (nSPS) is 12.3. The first-order valence-corrected chi connectivity index (χ1v) is 32.1. The number of rotatable bonds is 20. The van der Waals surface area contributed by atoms with Gasteiger partial charge in [0.1, 0.15) is 0 Å². The molecule has 8 unspecified atom stereocenters. The molecule has 0 saturated heterocycles. The average molecular weight is 1150 g/mol. The first-order chi connectivity index (χ1) is 40.2. The van der Waals surface area contributed by atoms with Crippen molar-refractivity contribution in [3.63, 3.8) is 0 Å². The maximum absolute atomic E-state index is 6.16. The van der Waals surface area contributed by atoms with Crippen LogP contribution in [0.1, 0.15) is 215 Å². The van der Waals surface area contributed by atoms with Gasteiger partial charge in [-0.15, -0.1) is 0 Å². The standard InChI is InChI=1S/C15H26N2.C10H16N2.2C10H15N.C9H14N2.C8H11N.6C2H6/c1-3-17(4-2)13-9-8-12-15(16)14-10-6-5-7-11-14;1-8(11)10(12)7-9-5-3-2-4-6-9;1-9(8-11)7-10-5-3-2-4-6-10;1-9(7-8-11)10-5-3-2-4-6-10;1-7(10)9(11)8-5-3-2-4-6-8;1-7(9)8-5-3-2-4-6-8;6*1-2/h5-7,10-11,15H,3-4,8-9,12-13,16H2,1-2H3;2-6,8,10H,7,11-12H2,1H3;2*2-6,9H,7-8,11H2,1H3;2-7,9H,10-11H2,1H3;2-7H,9H2,1H3;6*1-2H3. The highest BCUT2D eigenvalue weighted by Crippen LogP contribution is 2.18. The summed E-state index contributed by atoms with van der Waals surface area (Å²) in [5.41, 5.74) is 53.3. The van der Waals surface area contributed by atoms with Crippen molar-refractivity contribution >= 4 is 0 Å². The second-order valence-electron chi connectivity index (χ2n) is 18.7. The Kier molecular flexibility index (Phi) is 72.8. The van der Waals surface area contributed by atoms with Crippen LogP contribution in [0.2, 0.25) is 0 Å². The zero-order valence-electron chi connectivity index (χ0n) is 56.8. The van der Waals surface area contributed by atoms with E-state index in [0.29, 0.717) is 11.8 Å². The molecule has 0 aliphatic heterocycles. The maximum atomic E-state index is 6.16. The fourth-order valence-corrected chi connectivity index (χ4v) is 7.21. The summed E-state index contributed by atoms with van der Waals surface area (Å²) in [6, 6.07) is 61.9. The monoisotopic (exact) mass is 1150 g/mol. The van der Waals surface area contributed by atoms with E-state index in [-0.39, 0.29) is 36.3 Å². The zero-order valence-corrected chi connectivity index (χ0v) is 56.8. The van der Waals surface area contributed by atoms with Crippen molar-refractivity contribution in [2.24, 2.45) is 51.8 Å². The van der Waals surface area contributed by atoms with Crippen molar-refractivity contribution in [2.45, 2.75) is 212 Å². The number of unbranched alkanes of at least 4 members (excludes halogenated alkanes) is 1. The van der Waals surface area contributed by atoms with E-state index in [4.69, 9.17) is 45.9 Å². The van der Waals surface area contributed by atoms with Crippen LogP contribution in [0.3, 0.4) is 0 Å². The lowest BCUT2D eigenvalue weighted by atomic mass is 9.98. The SMILES string of the molecule is CC.CC.CC.CC.CC.CC.CC(CCN)c1ccccc1.CC(CN)Cc1ccccc1.CC(N)C(N)Cc1ccccc1.CC(N)C(N)c1ccccc1.CC(N)c1ccccc1.CCN(CC)CCCCC(N)c1ccccc1. The van der Waals surface area contributed by atoms with Gasteiger partial charge < -0.3 is 50.8 Å². The average Bonchev–Trinajstić information content (AvgIpc) is 3.56. The largest absolute Gasteiger partial charge is 0.330 e. The molecule has 9 heteroatoms. The van der Waals surface area contributed by atoms with Crippen molar-refractivity contribution < 1.29 is 0 Å². The van der Waals surface area contributed by atoms with Crippen LogP contribution in [0, 0.1) is 5.92 Å². The topological polar surface area (TPSA) is 211 Å². The van der Waals surface area contributed by atoms with Crippen LogP contribution in [0.25, 0.3) is 0 Å². The molecule has 0 aliphatic rings. The summed E-state index contributed by atoms with van der Waals surface area (Å²) in [7, 11) is 0. The highest BCUT2D eigenvalue weighted by Gasteiger charge is 2.10. The van der Waals surface area contributed by atoms with Crippen LogP contribution in [0.4, 0.5) is 0 Å². The molecule has 9 nitrogen and oxygen atoms in total. The minimum Gasteiger partial charge on any atom is -0.330 e. The van der Waals surface area contributed by atoms with Gasteiger partial charge in [-0.05, 0) is 131 Å². The fourth-order valence-electron chi connectivity index (χ4n) is 7.21. The molecule has 0 aliphatic carbocycles. The van der Waals surface area contributed by atoms with E-state index in [1.165, 1.54) is 47.2 Å². The molecule has 0 heterocycles. The molecule has 8 atom stereocenters. The van der Waals surface area contributed by atoms with E-state index >= 15 is 0 Å². The summed E-state index contributed by atoms with van der Waals surface area (Å²) >= 11 is 0. The first kappa shape index (κ1) is 89.2. The van der Waals surface area contributed by atoms with E-state index in [1.54, 1.807) is 0 Å². The highest BCUT2D eigenvalue weighted by molar-refractivity contribution is 5.22. The second kappa shape index (κ2) is 67.7. The summed E-state index contributed by atoms with van der Waals surface area (Å²) in [6.45, 7) is 43.7. The van der Waals surface area contributed by atoms with Gasteiger partial charge in [-0.25, -0.2) is 0 Å². The number of hydrogen-bond acceptors (Lipinski definition) is 9. The maximum Gasteiger partial charge on any atom is 0.0445 e. The lowest BCUT2D eigenvalue weighted by molar-refractivity contribution is 0.294. The summed E-state index contributed by atoms with van der Waals surface area (Å²) < 4.78 is 0. The van der Waals surface area contributed by atoms with Crippen LogP contribution in [-0.2, 0) is 12.8 Å². The molecule has 0 fully saturated rings. The van der Waals surface area contributed by atoms with Crippen molar-refractivity contribution in [3.8, 4) is 0 Å². The third-order valence-electron chi connectivity index (χ3n) is 12.2. The molecular formula is C74H133N9. The number of nitrogens with two attached hydrogens (primary N) is 8. The van der Waals surface area contributed by atoms with Crippen molar-refractivity contribution in [3.05, 3.63) is 215 Å². The Labute approximate surface area is 514 Å². The van der Waals surface area contributed by atoms with E-state index in [1.807, 2.05) is 201 Å². The smallest absolute Gasteiger partial charge is 0.0445 e. The Balaban J connectivity index is -0.000000208. The van der Waals surface area contributed by atoms with Gasteiger partial charge in [0.15, 0.2) is 0 Å². The molecule has 16 N–H and O–H groups in total. The molecule has 0 amide bonds. The molecule has 0 saturated carbocycles. The van der Waals surface area contributed by atoms with E-state index in [0.717, 1.165) is 57.4 Å². The van der Waals surface area contributed by atoms with Gasteiger partial charge >= 0.3 is 0 Å². The zero-order chi connectivity index (χ0) is 64.7. The summed E-state index contributed by atoms with van der Waals surface area (Å²) in [5, 5.41) is 0. The summed E-state index contributed by atoms with van der Waals surface area (Å²) in [4.78, 5) is 2.47. The fraction of sp³-hybridized carbons (Fsp3) is 0.514. The molecule has 474 valence electrons. The Bertz CT molecular complexity index is 2040. The first-order valence-electron chi connectivity index (χ1n) is 32.1. The van der Waals surface area contributed by atoms with E-state index in [2.05, 4.69) is 118 Å². The minimum absolute atomic E-state index is 0.0115. The van der Waals surface area contributed by atoms with Gasteiger partial charge in [0.25, 0.3) is 0 Å². The van der Waals surface area contributed by atoms with Gasteiger partial charge in [0, 0.05) is 36.3 Å². The van der Waals surface area contributed by atoms with Gasteiger partial charge in [-0.1, -0.05) is 299 Å². The molecule has 0 aromatic heterocycles. The number of hydrogen-bond donors (Lipinski definition) is 8. The van der Waals surface area contributed by atoms with Gasteiger partial charge in [0.05, 0.1) is 0 Å². The van der Waals surface area contributed by atoms with Gasteiger partial charge in [-0.3, -0.25) is 0 Å². The Morgan fingerprint density at radius 3 is 1.02 bits per heavy atom. The molecule has 0 spiro atoms. The van der Waals surface area contributed by atoms with Crippen LogP contribution >= 0.6 is 0 Å². The van der Waals surface area contributed by atoms with Gasteiger partial charge in [-0.2, -0.15) is 0 Å². The number of benzene rings is 6. The second-order valence-corrected chi connectivity index (χ2v) is 18.7. The predicted molar refractivity (Wildman–Crippen MR) is 378 cm³/mol. The predicted octanol–water partition coefficient (Wildman–Crippen LogP) is 17.0. The van der Waals surface area contributed by atoms with Crippen LogP contribution in [-0.4, -0.2) is 55.7 Å².